The standard InChI is InChI=1S/C18H24N2O4/c1-12(21)20-10-8-13(9-11-20)16(22)19-15-6-4-14(5-7-15)18(2,3)17(23)24/h4-7,13H,8-11H2,1-3H3,(H,19,22)(H,23,24). The summed E-state index contributed by atoms with van der Waals surface area (Å²) in [5, 5.41) is 12.1. The molecule has 0 atom stereocenters. The summed E-state index contributed by atoms with van der Waals surface area (Å²) >= 11 is 0. The van der Waals surface area contributed by atoms with E-state index in [0.29, 0.717) is 37.2 Å². The van der Waals surface area contributed by atoms with Crippen molar-refractivity contribution in [3.05, 3.63) is 29.8 Å². The van der Waals surface area contributed by atoms with E-state index < -0.39 is 11.4 Å². The largest absolute Gasteiger partial charge is 0.481 e. The summed E-state index contributed by atoms with van der Waals surface area (Å²) in [7, 11) is 0. The van der Waals surface area contributed by atoms with Crippen molar-refractivity contribution in [2.75, 3.05) is 18.4 Å². The van der Waals surface area contributed by atoms with Gasteiger partial charge in [-0.05, 0) is 44.4 Å². The number of benzene rings is 1. The Hall–Kier alpha value is -2.37. The Labute approximate surface area is 141 Å². The SMILES string of the molecule is CC(=O)N1CCC(C(=O)Nc2ccc(C(C)(C)C(=O)O)cc2)CC1. The molecular formula is C18H24N2O4. The summed E-state index contributed by atoms with van der Waals surface area (Å²) in [4.78, 5) is 36.7. The zero-order chi connectivity index (χ0) is 17.9. The summed E-state index contributed by atoms with van der Waals surface area (Å²) < 4.78 is 0. The van der Waals surface area contributed by atoms with Crippen LogP contribution in [0.5, 0.6) is 0 Å². The van der Waals surface area contributed by atoms with E-state index in [1.807, 2.05) is 0 Å². The molecule has 0 unspecified atom stereocenters. The Morgan fingerprint density at radius 2 is 1.67 bits per heavy atom. The number of nitrogens with one attached hydrogen (secondary N) is 1. The number of anilines is 1. The normalized spacial score (nSPS) is 15.9. The van der Waals surface area contributed by atoms with Crippen LogP contribution in [-0.2, 0) is 19.8 Å². The first kappa shape index (κ1) is 18.0. The number of rotatable bonds is 4. The van der Waals surface area contributed by atoms with Crippen LogP contribution in [-0.4, -0.2) is 40.9 Å². The van der Waals surface area contributed by atoms with Gasteiger partial charge in [-0.3, -0.25) is 14.4 Å². The van der Waals surface area contributed by atoms with Crippen LogP contribution in [0.25, 0.3) is 0 Å². The highest BCUT2D eigenvalue weighted by Crippen LogP contribution is 2.25. The fourth-order valence-electron chi connectivity index (χ4n) is 2.79. The van der Waals surface area contributed by atoms with Gasteiger partial charge in [0.1, 0.15) is 0 Å². The van der Waals surface area contributed by atoms with Crippen molar-refractivity contribution in [3.63, 3.8) is 0 Å². The molecule has 0 saturated carbocycles. The second-order valence-electron chi connectivity index (χ2n) is 6.78. The summed E-state index contributed by atoms with van der Waals surface area (Å²) in [5.41, 5.74) is 0.365. The Morgan fingerprint density at radius 3 is 2.12 bits per heavy atom. The van der Waals surface area contributed by atoms with Gasteiger partial charge in [-0.15, -0.1) is 0 Å². The maximum Gasteiger partial charge on any atom is 0.313 e. The third-order valence-electron chi connectivity index (χ3n) is 4.72. The van der Waals surface area contributed by atoms with Crippen LogP contribution in [0.3, 0.4) is 0 Å². The van der Waals surface area contributed by atoms with Crippen LogP contribution in [0.1, 0.15) is 39.2 Å². The molecule has 0 bridgehead atoms. The van der Waals surface area contributed by atoms with Crippen LogP contribution >= 0.6 is 0 Å². The van der Waals surface area contributed by atoms with Gasteiger partial charge in [0.15, 0.2) is 0 Å². The number of hydrogen-bond donors (Lipinski definition) is 2. The maximum absolute atomic E-state index is 12.3. The lowest BCUT2D eigenvalue weighted by molar-refractivity contribution is -0.142. The molecular weight excluding hydrogens is 308 g/mol. The molecule has 0 aromatic heterocycles. The summed E-state index contributed by atoms with van der Waals surface area (Å²) in [6.45, 7) is 6.05. The van der Waals surface area contributed by atoms with E-state index >= 15 is 0 Å². The Morgan fingerprint density at radius 1 is 1.12 bits per heavy atom. The molecule has 0 aliphatic carbocycles. The topological polar surface area (TPSA) is 86.7 Å². The van der Waals surface area contributed by atoms with Gasteiger partial charge in [0.25, 0.3) is 0 Å². The Kier molecular flexibility index (Phi) is 5.26. The van der Waals surface area contributed by atoms with Crippen molar-refractivity contribution in [1.29, 1.82) is 0 Å². The van der Waals surface area contributed by atoms with Crippen molar-refractivity contribution in [3.8, 4) is 0 Å². The molecule has 0 spiro atoms. The molecule has 2 N–H and O–H groups in total. The number of carbonyl (C=O) groups is 3. The van der Waals surface area contributed by atoms with Gasteiger partial charge in [-0.25, -0.2) is 0 Å². The molecule has 6 heteroatoms. The fourth-order valence-corrected chi connectivity index (χ4v) is 2.79. The lowest BCUT2D eigenvalue weighted by atomic mass is 9.85. The number of carbonyl (C=O) groups excluding carboxylic acids is 2. The van der Waals surface area contributed by atoms with Gasteiger partial charge in [-0.1, -0.05) is 12.1 Å². The zero-order valence-corrected chi connectivity index (χ0v) is 14.3. The highest BCUT2D eigenvalue weighted by molar-refractivity contribution is 5.93. The molecule has 1 aromatic rings. The highest BCUT2D eigenvalue weighted by Gasteiger charge is 2.29. The molecule has 1 aromatic carbocycles. The van der Waals surface area contributed by atoms with Crippen molar-refractivity contribution in [2.45, 2.75) is 39.0 Å². The van der Waals surface area contributed by atoms with Crippen molar-refractivity contribution in [1.82, 2.24) is 4.90 Å². The number of carboxylic acid groups (broad SMARTS) is 1. The smallest absolute Gasteiger partial charge is 0.313 e. The molecule has 2 amide bonds. The summed E-state index contributed by atoms with van der Waals surface area (Å²) in [6.07, 6.45) is 1.32. The van der Waals surface area contributed by atoms with Crippen molar-refractivity contribution in [2.24, 2.45) is 5.92 Å². The first-order valence-corrected chi connectivity index (χ1v) is 8.12. The average molecular weight is 332 g/mol. The maximum atomic E-state index is 12.3. The van der Waals surface area contributed by atoms with E-state index in [4.69, 9.17) is 0 Å². The molecule has 1 heterocycles. The lowest BCUT2D eigenvalue weighted by Crippen LogP contribution is -2.40. The zero-order valence-electron chi connectivity index (χ0n) is 14.3. The number of likely N-dealkylation sites (tertiary alicyclic amines) is 1. The number of carboxylic acids is 1. The molecule has 1 saturated heterocycles. The number of piperidine rings is 1. The molecule has 1 aliphatic rings. The predicted molar refractivity (Wildman–Crippen MR) is 90.7 cm³/mol. The van der Waals surface area contributed by atoms with Gasteiger partial charge in [0, 0.05) is 31.6 Å². The van der Waals surface area contributed by atoms with E-state index in [0.717, 1.165) is 0 Å². The second kappa shape index (κ2) is 7.03. The highest BCUT2D eigenvalue weighted by atomic mass is 16.4. The lowest BCUT2D eigenvalue weighted by Gasteiger charge is -2.30. The monoisotopic (exact) mass is 332 g/mol. The van der Waals surface area contributed by atoms with E-state index in [1.54, 1.807) is 49.9 Å². The van der Waals surface area contributed by atoms with Gasteiger partial charge in [0.2, 0.25) is 11.8 Å². The number of aliphatic carboxylic acids is 1. The molecule has 0 radical (unpaired) electrons. The fraction of sp³-hybridized carbons (Fsp3) is 0.500. The van der Waals surface area contributed by atoms with Gasteiger partial charge >= 0.3 is 5.97 Å². The third kappa shape index (κ3) is 3.93. The third-order valence-corrected chi connectivity index (χ3v) is 4.72. The number of hydrogen-bond acceptors (Lipinski definition) is 3. The van der Waals surface area contributed by atoms with E-state index in [9.17, 15) is 19.5 Å². The Bertz CT molecular complexity index is 629. The molecule has 6 nitrogen and oxygen atoms in total. The van der Waals surface area contributed by atoms with E-state index in [2.05, 4.69) is 5.32 Å². The first-order valence-electron chi connectivity index (χ1n) is 8.12. The molecule has 130 valence electrons. The van der Waals surface area contributed by atoms with Crippen LogP contribution in [0.4, 0.5) is 5.69 Å². The minimum absolute atomic E-state index is 0.0468. The molecule has 2 rings (SSSR count). The first-order chi connectivity index (χ1) is 11.2. The van der Waals surface area contributed by atoms with Crippen LogP contribution in [0.15, 0.2) is 24.3 Å². The summed E-state index contributed by atoms with van der Waals surface area (Å²) in [5.74, 6) is -0.999. The second-order valence-corrected chi connectivity index (χ2v) is 6.78. The quantitative estimate of drug-likeness (QED) is 0.885. The number of nitrogens with zero attached hydrogens (tertiary/aromatic N) is 1. The molecule has 1 aliphatic heterocycles. The molecule has 1 fully saturated rings. The van der Waals surface area contributed by atoms with Crippen molar-refractivity contribution >= 4 is 23.5 Å². The predicted octanol–water partition coefficient (Wildman–Crippen LogP) is 2.25. The van der Waals surface area contributed by atoms with Crippen LogP contribution < -0.4 is 5.32 Å². The van der Waals surface area contributed by atoms with E-state index in [-0.39, 0.29) is 17.7 Å². The van der Waals surface area contributed by atoms with Crippen molar-refractivity contribution < 1.29 is 19.5 Å². The van der Waals surface area contributed by atoms with Crippen LogP contribution in [0, 0.1) is 5.92 Å². The molecule has 24 heavy (non-hydrogen) atoms. The van der Waals surface area contributed by atoms with E-state index in [1.165, 1.54) is 0 Å². The van der Waals surface area contributed by atoms with Crippen LogP contribution in [0.2, 0.25) is 0 Å². The van der Waals surface area contributed by atoms with Gasteiger partial charge in [0.05, 0.1) is 5.41 Å². The minimum Gasteiger partial charge on any atom is -0.481 e. The van der Waals surface area contributed by atoms with Gasteiger partial charge < -0.3 is 15.3 Å². The van der Waals surface area contributed by atoms with Gasteiger partial charge in [-0.2, -0.15) is 0 Å². The average Bonchev–Trinajstić information content (AvgIpc) is 2.55. The summed E-state index contributed by atoms with van der Waals surface area (Å²) in [6, 6.07) is 6.90. The minimum atomic E-state index is -0.970. The Balaban J connectivity index is 1.96. The number of amides is 2.